The molecule has 0 fully saturated rings. The summed E-state index contributed by atoms with van der Waals surface area (Å²) in [6.07, 6.45) is 0. The Hall–Kier alpha value is 1.68. The van der Waals surface area contributed by atoms with Gasteiger partial charge in [-0.15, -0.1) is 0 Å². The van der Waals surface area contributed by atoms with E-state index in [9.17, 15) is 0 Å². The van der Waals surface area contributed by atoms with Crippen molar-refractivity contribution in [3.63, 3.8) is 0 Å². The molecule has 7 heteroatoms. The first-order valence-electron chi connectivity index (χ1n) is 0.309. The average molecular weight is 179 g/mol. The Bertz CT molecular complexity index is 9.65. The summed E-state index contributed by atoms with van der Waals surface area (Å²) in [5, 5.41) is 0. The summed E-state index contributed by atoms with van der Waals surface area (Å²) in [5.74, 6) is 0. The van der Waals surface area contributed by atoms with E-state index in [2.05, 4.69) is 23.7 Å². The van der Waals surface area contributed by atoms with Crippen molar-refractivity contribution in [2.45, 2.75) is 0 Å². The van der Waals surface area contributed by atoms with Crippen LogP contribution in [0.25, 0.3) is 0 Å². The molecule has 4 nitrogen and oxygen atoms in total. The Labute approximate surface area is 81.0 Å². The van der Waals surface area contributed by atoms with E-state index in [4.69, 9.17) is 9.32 Å². The molecule has 0 unspecified atom stereocenters. The van der Waals surface area contributed by atoms with E-state index in [1.54, 1.807) is 0 Å². The molecule has 0 aromatic carbocycles. The Kier molecular flexibility index (Phi) is 656. The summed E-state index contributed by atoms with van der Waals surface area (Å²) in [6.45, 7) is 0. The number of hydrogen-bond donors (Lipinski definition) is 0. The smallest absolute Gasteiger partial charge is 0.769 e. The van der Waals surface area contributed by atoms with E-state index in [1.807, 2.05) is 0 Å². The second kappa shape index (κ2) is 121. The summed E-state index contributed by atoms with van der Waals surface area (Å²) in [7, 11) is 0. The van der Waals surface area contributed by atoms with Gasteiger partial charge in [0.2, 0.25) is 0 Å². The zero-order valence-electron chi connectivity index (χ0n) is 3.28. The molecule has 0 aromatic rings. The third-order valence-electron chi connectivity index (χ3n) is 0. The van der Waals surface area contributed by atoms with Crippen LogP contribution in [0.1, 0.15) is 0 Å². The normalized spacial score (nSPS) is 1.71. The molecule has 0 bridgehead atoms. The van der Waals surface area contributed by atoms with Gasteiger partial charge in [0.05, 0.1) is 0 Å². The molecule has 0 aliphatic heterocycles. The van der Waals surface area contributed by atoms with Gasteiger partial charge >= 0.3 is 37.7 Å². The Morgan fingerprint density at radius 3 is 0.714 bits per heavy atom. The quantitative estimate of drug-likeness (QED) is 0.368. The first-order chi connectivity index (χ1) is 2.00. The van der Waals surface area contributed by atoms with Gasteiger partial charge in [-0.2, -0.15) is 0 Å². The molecule has 7 heavy (non-hydrogen) atoms. The minimum absolute atomic E-state index is 0. The fraction of sp³-hybridized carbons (Fsp3) is 0. The van der Waals surface area contributed by atoms with Crippen LogP contribution in [0.5, 0.6) is 0 Å². The third-order valence-corrected chi connectivity index (χ3v) is 0. The van der Waals surface area contributed by atoms with Crippen LogP contribution >= 0.6 is 23.7 Å². The van der Waals surface area contributed by atoms with Gasteiger partial charge in [-0.3, -0.25) is 0 Å². The summed E-state index contributed by atoms with van der Waals surface area (Å²) >= 11 is 6.78. The Morgan fingerprint density at radius 1 is 0.714 bits per heavy atom. The molecule has 0 spiro atoms. The van der Waals surface area contributed by atoms with Gasteiger partial charge in [-0.05, 0) is 0 Å². The van der Waals surface area contributed by atoms with E-state index >= 15 is 0 Å². The van der Waals surface area contributed by atoms with E-state index in [-0.39, 0.29) is 48.7 Å². The van der Waals surface area contributed by atoms with Crippen LogP contribution in [-0.2, 0) is 0 Å². The van der Waals surface area contributed by atoms with Crippen molar-refractivity contribution in [2.75, 3.05) is 0 Å². The van der Waals surface area contributed by atoms with Crippen molar-refractivity contribution in [1.29, 1.82) is 0 Å². The van der Waals surface area contributed by atoms with E-state index in [1.165, 1.54) is 0 Å². The van der Waals surface area contributed by atoms with Gasteiger partial charge in [0.15, 0.2) is 0 Å². The SMILES string of the molecule is O.O.[Ca+2].[O-]Cl.[O-]Cl. The zero-order valence-corrected chi connectivity index (χ0v) is 7.00. The summed E-state index contributed by atoms with van der Waals surface area (Å²) in [5.41, 5.74) is 0. The number of halogens is 2. The Balaban J connectivity index is -0.00000000267. The fourth-order valence-electron chi connectivity index (χ4n) is 0. The molecule has 0 heterocycles. The minimum Gasteiger partial charge on any atom is -0.769 e. The standard InChI is InChI=1S/Ca.2ClO.2H2O/c;2*1-2;;/h;;;2*1H2/q+2;2*-1;;. The molecular formula is H4CaCl2O4. The van der Waals surface area contributed by atoms with Gasteiger partial charge in [-0.1, -0.05) is 0 Å². The van der Waals surface area contributed by atoms with Crippen LogP contribution in [0, 0.1) is 0 Å². The van der Waals surface area contributed by atoms with Crippen LogP contribution in [0.15, 0.2) is 0 Å². The molecule has 0 saturated heterocycles. The predicted molar refractivity (Wildman–Crippen MR) is 24.7 cm³/mol. The maximum Gasteiger partial charge on any atom is 2.00 e. The van der Waals surface area contributed by atoms with E-state index in [0.717, 1.165) is 0 Å². The molecule has 0 atom stereocenters. The maximum absolute atomic E-state index is 7.72. The number of rotatable bonds is 0. The Morgan fingerprint density at radius 2 is 0.714 bits per heavy atom. The van der Waals surface area contributed by atoms with Crippen molar-refractivity contribution in [2.24, 2.45) is 0 Å². The minimum atomic E-state index is 0. The van der Waals surface area contributed by atoms with Crippen molar-refractivity contribution in [1.82, 2.24) is 0 Å². The van der Waals surface area contributed by atoms with Gasteiger partial charge < -0.3 is 20.3 Å². The molecule has 0 saturated carbocycles. The van der Waals surface area contributed by atoms with Crippen LogP contribution in [0.2, 0.25) is 0 Å². The summed E-state index contributed by atoms with van der Waals surface area (Å²) in [4.78, 5) is 0. The first-order valence-corrected chi connectivity index (χ1v) is 0.926. The topological polar surface area (TPSA) is 109 Å². The fourth-order valence-corrected chi connectivity index (χ4v) is 0. The maximum atomic E-state index is 7.72. The van der Waals surface area contributed by atoms with Crippen LogP contribution in [-0.4, -0.2) is 48.7 Å². The van der Waals surface area contributed by atoms with Gasteiger partial charge in [-0.25, -0.2) is 23.7 Å². The van der Waals surface area contributed by atoms with E-state index in [0.29, 0.717) is 0 Å². The molecule has 0 amide bonds. The molecule has 44 valence electrons. The van der Waals surface area contributed by atoms with Crippen molar-refractivity contribution in [3.8, 4) is 0 Å². The largest absolute Gasteiger partial charge is 2.00 e. The zero-order chi connectivity index (χ0) is 4.00. The van der Waals surface area contributed by atoms with Crippen LogP contribution in [0.3, 0.4) is 0 Å². The molecular weight excluding hydrogens is 175 g/mol. The summed E-state index contributed by atoms with van der Waals surface area (Å²) < 4.78 is 15.4. The van der Waals surface area contributed by atoms with Gasteiger partial charge in [0.25, 0.3) is 0 Å². The first kappa shape index (κ1) is 37.8. The van der Waals surface area contributed by atoms with Crippen LogP contribution in [0.4, 0.5) is 0 Å². The second-order valence-electron chi connectivity index (χ2n) is 0. The molecule has 0 aliphatic rings. The van der Waals surface area contributed by atoms with Crippen LogP contribution < -0.4 is 9.32 Å². The third kappa shape index (κ3) is 87.8. The monoisotopic (exact) mass is 178 g/mol. The molecule has 0 aromatic heterocycles. The second-order valence-corrected chi connectivity index (χ2v) is 0. The van der Waals surface area contributed by atoms with Gasteiger partial charge in [0, 0.05) is 0 Å². The average Bonchev–Trinajstić information content (AvgIpc) is 1.50. The van der Waals surface area contributed by atoms with Gasteiger partial charge in [0.1, 0.15) is 0 Å². The van der Waals surface area contributed by atoms with E-state index < -0.39 is 0 Å². The van der Waals surface area contributed by atoms with Crippen molar-refractivity contribution in [3.05, 3.63) is 0 Å². The van der Waals surface area contributed by atoms with Crippen molar-refractivity contribution < 1.29 is 20.3 Å². The molecule has 0 aliphatic carbocycles. The number of hydrogen-bond acceptors (Lipinski definition) is 2. The molecule has 0 radical (unpaired) electrons. The summed E-state index contributed by atoms with van der Waals surface area (Å²) in [6, 6.07) is 0. The van der Waals surface area contributed by atoms with Crippen molar-refractivity contribution >= 4 is 61.5 Å². The molecule has 4 N–H and O–H groups in total. The molecule has 0 rings (SSSR count). The predicted octanol–water partition coefficient (Wildman–Crippen LogP) is -3.03.